The van der Waals surface area contributed by atoms with Crippen LogP contribution in [0.25, 0.3) is 0 Å². The molecule has 0 aromatic rings. The van der Waals surface area contributed by atoms with Gasteiger partial charge in [0.2, 0.25) is 0 Å². The van der Waals surface area contributed by atoms with Crippen LogP contribution < -0.4 is 0 Å². The molecule has 1 rings (SSSR count). The molecule has 1 fully saturated rings. The summed E-state index contributed by atoms with van der Waals surface area (Å²) >= 11 is 0. The molecule has 5 heteroatoms. The molecule has 1 aliphatic rings. The van der Waals surface area contributed by atoms with Crippen molar-refractivity contribution in [2.75, 3.05) is 7.11 Å². The zero-order valence-electron chi connectivity index (χ0n) is 18.2. The normalized spacial score (nSPS) is 24.1. The molecule has 1 aliphatic carbocycles. The first-order valence-electron chi connectivity index (χ1n) is 10.8. The van der Waals surface area contributed by atoms with Crippen LogP contribution in [0.3, 0.4) is 0 Å². The fraction of sp³-hybridized carbons (Fsp3) is 0.826. The molecule has 0 spiro atoms. The maximum absolute atomic E-state index is 12.3. The average Bonchev–Trinajstić information content (AvgIpc) is 2.90. The molecular formula is C23H40O5. The molecule has 0 saturated heterocycles. The predicted molar refractivity (Wildman–Crippen MR) is 111 cm³/mol. The van der Waals surface area contributed by atoms with Gasteiger partial charge in [-0.15, -0.1) is 0 Å². The van der Waals surface area contributed by atoms with E-state index < -0.39 is 12.2 Å². The Hall–Kier alpha value is -1.20. The summed E-state index contributed by atoms with van der Waals surface area (Å²) in [5, 5.41) is 20.7. The number of ether oxygens (including phenoxy) is 1. The van der Waals surface area contributed by atoms with Crippen LogP contribution in [0.2, 0.25) is 0 Å². The van der Waals surface area contributed by atoms with Crippen molar-refractivity contribution in [3.05, 3.63) is 12.2 Å². The zero-order chi connectivity index (χ0) is 21.2. The number of rotatable bonds is 13. The number of aliphatic hydroxyl groups excluding tert-OH is 2. The second-order valence-electron chi connectivity index (χ2n) is 8.87. The number of esters is 1. The Kier molecular flexibility index (Phi) is 11.0. The van der Waals surface area contributed by atoms with Crippen LogP contribution >= 0.6 is 0 Å². The minimum atomic E-state index is -0.617. The number of unbranched alkanes of at least 4 members (excludes halogenated alkanes) is 3. The van der Waals surface area contributed by atoms with Crippen LogP contribution in [0.15, 0.2) is 12.2 Å². The smallest absolute Gasteiger partial charge is 0.305 e. The first-order valence-corrected chi connectivity index (χ1v) is 10.8. The van der Waals surface area contributed by atoms with Crippen LogP contribution in [-0.4, -0.2) is 41.3 Å². The van der Waals surface area contributed by atoms with Crippen molar-refractivity contribution >= 4 is 11.8 Å². The van der Waals surface area contributed by atoms with Crippen molar-refractivity contribution in [3.63, 3.8) is 0 Å². The summed E-state index contributed by atoms with van der Waals surface area (Å²) < 4.78 is 4.63. The van der Waals surface area contributed by atoms with Crippen LogP contribution in [0.1, 0.15) is 85.0 Å². The molecule has 0 amide bonds. The standard InChI is InChI=1S/C23H40O5/c1-5-15-23(2,3)21(26)13-10-12-18-17(19(24)16-20(18)25)11-8-6-7-9-14-22(27)28-4/h10,12,17-18,20-21,25-26H,5-9,11,13-16H2,1-4H3. The van der Waals surface area contributed by atoms with E-state index in [1.54, 1.807) is 0 Å². The molecule has 4 atom stereocenters. The van der Waals surface area contributed by atoms with Gasteiger partial charge in [-0.25, -0.2) is 0 Å². The van der Waals surface area contributed by atoms with Crippen molar-refractivity contribution in [3.8, 4) is 0 Å². The zero-order valence-corrected chi connectivity index (χ0v) is 18.2. The summed E-state index contributed by atoms with van der Waals surface area (Å²) in [4.78, 5) is 23.4. The maximum Gasteiger partial charge on any atom is 0.305 e. The van der Waals surface area contributed by atoms with Gasteiger partial charge in [-0.05, 0) is 31.1 Å². The van der Waals surface area contributed by atoms with Crippen LogP contribution in [-0.2, 0) is 14.3 Å². The largest absolute Gasteiger partial charge is 0.469 e. The van der Waals surface area contributed by atoms with Crippen LogP contribution in [0, 0.1) is 17.3 Å². The van der Waals surface area contributed by atoms with Gasteiger partial charge < -0.3 is 14.9 Å². The number of hydrogen-bond donors (Lipinski definition) is 2. The summed E-state index contributed by atoms with van der Waals surface area (Å²) in [6, 6.07) is 0. The Morgan fingerprint density at radius 1 is 1.29 bits per heavy atom. The Morgan fingerprint density at radius 3 is 2.61 bits per heavy atom. The minimum Gasteiger partial charge on any atom is -0.469 e. The van der Waals surface area contributed by atoms with E-state index in [4.69, 9.17) is 0 Å². The number of carbonyl (C=O) groups is 2. The van der Waals surface area contributed by atoms with E-state index in [2.05, 4.69) is 25.5 Å². The van der Waals surface area contributed by atoms with Crippen molar-refractivity contribution in [2.45, 2.75) is 97.2 Å². The fourth-order valence-electron chi connectivity index (χ4n) is 4.18. The highest BCUT2D eigenvalue weighted by Gasteiger charge is 2.39. The van der Waals surface area contributed by atoms with E-state index in [-0.39, 0.29) is 35.4 Å². The Labute approximate surface area is 170 Å². The first-order chi connectivity index (χ1) is 13.2. The Bertz CT molecular complexity index is 511. The lowest BCUT2D eigenvalue weighted by molar-refractivity contribution is -0.140. The van der Waals surface area contributed by atoms with Gasteiger partial charge in [0.25, 0.3) is 0 Å². The van der Waals surface area contributed by atoms with Crippen LogP contribution in [0.5, 0.6) is 0 Å². The third kappa shape index (κ3) is 8.04. The molecule has 0 heterocycles. The van der Waals surface area contributed by atoms with Gasteiger partial charge >= 0.3 is 5.97 Å². The number of methoxy groups -OCH3 is 1. The van der Waals surface area contributed by atoms with Gasteiger partial charge in [0.05, 0.1) is 19.3 Å². The van der Waals surface area contributed by atoms with Crippen LogP contribution in [0.4, 0.5) is 0 Å². The van der Waals surface area contributed by atoms with E-state index >= 15 is 0 Å². The van der Waals surface area contributed by atoms with Crippen molar-refractivity contribution in [1.29, 1.82) is 0 Å². The van der Waals surface area contributed by atoms with Gasteiger partial charge in [-0.1, -0.05) is 58.6 Å². The highest BCUT2D eigenvalue weighted by atomic mass is 16.5. The molecular weight excluding hydrogens is 356 g/mol. The van der Waals surface area contributed by atoms with Crippen molar-refractivity contribution in [1.82, 2.24) is 0 Å². The molecule has 5 nitrogen and oxygen atoms in total. The second kappa shape index (κ2) is 12.4. The van der Waals surface area contributed by atoms with E-state index in [0.29, 0.717) is 12.8 Å². The molecule has 162 valence electrons. The number of Topliss-reactive ketones (excluding diaryl/α,β-unsaturated/α-hetero) is 1. The van der Waals surface area contributed by atoms with E-state index in [0.717, 1.165) is 44.9 Å². The highest BCUT2D eigenvalue weighted by Crippen LogP contribution is 2.35. The minimum absolute atomic E-state index is 0.132. The van der Waals surface area contributed by atoms with E-state index in [1.807, 2.05) is 12.2 Å². The summed E-state index contributed by atoms with van der Waals surface area (Å²) in [6.45, 7) is 6.27. The summed E-state index contributed by atoms with van der Waals surface area (Å²) in [6.07, 6.45) is 10.5. The molecule has 0 aliphatic heterocycles. The molecule has 0 radical (unpaired) electrons. The van der Waals surface area contributed by atoms with Gasteiger partial charge in [0.1, 0.15) is 5.78 Å². The lowest BCUT2D eigenvalue weighted by Crippen LogP contribution is -2.28. The Balaban J connectivity index is 2.46. The molecule has 0 bridgehead atoms. The van der Waals surface area contributed by atoms with Gasteiger partial charge in [0, 0.05) is 24.7 Å². The predicted octanol–water partition coefficient (Wildman–Crippen LogP) is 4.20. The van der Waals surface area contributed by atoms with Crippen molar-refractivity contribution in [2.24, 2.45) is 17.3 Å². The number of carbonyl (C=O) groups excluding carboxylic acids is 2. The van der Waals surface area contributed by atoms with E-state index in [9.17, 15) is 19.8 Å². The second-order valence-corrected chi connectivity index (χ2v) is 8.87. The molecule has 0 aromatic heterocycles. The van der Waals surface area contributed by atoms with E-state index in [1.165, 1.54) is 7.11 Å². The first kappa shape index (κ1) is 24.8. The quantitative estimate of drug-likeness (QED) is 0.277. The topological polar surface area (TPSA) is 83.8 Å². The molecule has 28 heavy (non-hydrogen) atoms. The molecule has 2 N–H and O–H groups in total. The van der Waals surface area contributed by atoms with Gasteiger partial charge in [0.15, 0.2) is 0 Å². The van der Waals surface area contributed by atoms with Gasteiger partial charge in [-0.2, -0.15) is 0 Å². The number of ketones is 1. The summed E-state index contributed by atoms with van der Waals surface area (Å²) in [7, 11) is 1.40. The average molecular weight is 397 g/mol. The third-order valence-corrected chi connectivity index (χ3v) is 6.12. The SMILES string of the molecule is CCCC(C)(C)C(O)CC=CC1C(O)CC(=O)C1CCCCCCC(=O)OC. The summed E-state index contributed by atoms with van der Waals surface area (Å²) in [5.41, 5.74) is -0.132. The molecule has 4 unspecified atom stereocenters. The summed E-state index contributed by atoms with van der Waals surface area (Å²) in [5.74, 6) is -0.316. The lowest BCUT2D eigenvalue weighted by Gasteiger charge is -2.29. The monoisotopic (exact) mass is 396 g/mol. The molecule has 0 aromatic carbocycles. The lowest BCUT2D eigenvalue weighted by atomic mass is 9.80. The highest BCUT2D eigenvalue weighted by molar-refractivity contribution is 5.84. The number of hydrogen-bond acceptors (Lipinski definition) is 5. The fourth-order valence-corrected chi connectivity index (χ4v) is 4.18. The molecule has 1 saturated carbocycles. The third-order valence-electron chi connectivity index (χ3n) is 6.12. The maximum atomic E-state index is 12.3. The Morgan fingerprint density at radius 2 is 1.96 bits per heavy atom. The number of aliphatic hydroxyl groups is 2. The van der Waals surface area contributed by atoms with Crippen molar-refractivity contribution < 1.29 is 24.5 Å². The van der Waals surface area contributed by atoms with Gasteiger partial charge in [-0.3, -0.25) is 9.59 Å².